The van der Waals surface area contributed by atoms with E-state index in [0.717, 1.165) is 36.2 Å². The van der Waals surface area contributed by atoms with Crippen molar-refractivity contribution in [2.24, 2.45) is 0 Å². The molecule has 0 saturated carbocycles. The molecule has 0 radical (unpaired) electrons. The molecule has 128 valence electrons. The van der Waals surface area contributed by atoms with Gasteiger partial charge in [0.2, 0.25) is 0 Å². The van der Waals surface area contributed by atoms with Crippen LogP contribution in [0.2, 0.25) is 0 Å². The first-order chi connectivity index (χ1) is 12.2. The molecule has 1 atom stereocenters. The highest BCUT2D eigenvalue weighted by Gasteiger charge is 2.38. The SMILES string of the molecule is O=C1NC(Cc2ccccc2)C(=O)N1Cc1ccc2c(n1)CCCC2. The van der Waals surface area contributed by atoms with Crippen LogP contribution in [0.4, 0.5) is 4.79 Å². The molecule has 1 unspecified atom stereocenters. The largest absolute Gasteiger partial charge is 0.325 e. The second-order valence-corrected chi connectivity index (χ2v) is 6.73. The standard InChI is InChI=1S/C20H21N3O2/c24-19-18(12-14-6-2-1-3-7-14)22-20(25)23(19)13-16-11-10-15-8-4-5-9-17(15)21-16/h1-3,6-7,10-11,18H,4-5,8-9,12-13H2,(H,22,25). The molecular weight excluding hydrogens is 314 g/mol. The van der Waals surface area contributed by atoms with E-state index in [2.05, 4.69) is 16.4 Å². The van der Waals surface area contributed by atoms with Crippen LogP contribution in [0.15, 0.2) is 42.5 Å². The van der Waals surface area contributed by atoms with Gasteiger partial charge in [-0.3, -0.25) is 14.7 Å². The average Bonchev–Trinajstić information content (AvgIpc) is 2.90. The lowest BCUT2D eigenvalue weighted by Gasteiger charge is -2.17. The Kier molecular flexibility index (Phi) is 4.22. The van der Waals surface area contributed by atoms with Gasteiger partial charge in [0.1, 0.15) is 6.04 Å². The third kappa shape index (κ3) is 3.27. The molecule has 1 fully saturated rings. The molecule has 2 aliphatic rings. The van der Waals surface area contributed by atoms with Crippen molar-refractivity contribution in [1.29, 1.82) is 0 Å². The summed E-state index contributed by atoms with van der Waals surface area (Å²) in [5.41, 5.74) is 4.24. The van der Waals surface area contributed by atoms with Gasteiger partial charge in [0.05, 0.1) is 12.2 Å². The first-order valence-electron chi connectivity index (χ1n) is 8.84. The molecule has 25 heavy (non-hydrogen) atoms. The molecular formula is C20H21N3O2. The number of carbonyl (C=O) groups excluding carboxylic acids is 2. The summed E-state index contributed by atoms with van der Waals surface area (Å²) in [7, 11) is 0. The van der Waals surface area contributed by atoms with Crippen molar-refractivity contribution in [2.45, 2.75) is 44.7 Å². The molecule has 1 aromatic carbocycles. The van der Waals surface area contributed by atoms with Crippen LogP contribution in [0.25, 0.3) is 0 Å². The maximum atomic E-state index is 12.6. The van der Waals surface area contributed by atoms with Gasteiger partial charge < -0.3 is 5.32 Å². The average molecular weight is 335 g/mol. The molecule has 1 saturated heterocycles. The molecule has 4 rings (SSSR count). The Morgan fingerprint density at radius 1 is 1.04 bits per heavy atom. The minimum Gasteiger partial charge on any atom is -0.325 e. The predicted molar refractivity (Wildman–Crippen MR) is 93.9 cm³/mol. The van der Waals surface area contributed by atoms with E-state index in [-0.39, 0.29) is 18.5 Å². The Labute approximate surface area is 147 Å². The van der Waals surface area contributed by atoms with Crippen molar-refractivity contribution < 1.29 is 9.59 Å². The predicted octanol–water partition coefficient (Wildman–Crippen LogP) is 2.62. The van der Waals surface area contributed by atoms with Crippen LogP contribution in [0.3, 0.4) is 0 Å². The van der Waals surface area contributed by atoms with E-state index in [1.54, 1.807) is 0 Å². The monoisotopic (exact) mass is 335 g/mol. The topological polar surface area (TPSA) is 62.3 Å². The van der Waals surface area contributed by atoms with Gasteiger partial charge in [-0.25, -0.2) is 4.79 Å². The Morgan fingerprint density at radius 3 is 2.68 bits per heavy atom. The number of pyridine rings is 1. The highest BCUT2D eigenvalue weighted by molar-refractivity contribution is 6.04. The summed E-state index contributed by atoms with van der Waals surface area (Å²) in [6.45, 7) is 0.239. The fraction of sp³-hybridized carbons (Fsp3) is 0.350. The molecule has 1 aliphatic carbocycles. The first kappa shape index (κ1) is 15.8. The van der Waals surface area contributed by atoms with Crippen molar-refractivity contribution in [3.05, 3.63) is 65.0 Å². The summed E-state index contributed by atoms with van der Waals surface area (Å²) in [5, 5.41) is 2.79. The summed E-state index contributed by atoms with van der Waals surface area (Å²) in [4.78, 5) is 30.8. The summed E-state index contributed by atoms with van der Waals surface area (Å²) >= 11 is 0. The molecule has 5 nitrogen and oxygen atoms in total. The van der Waals surface area contributed by atoms with Crippen LogP contribution in [0.1, 0.15) is 35.4 Å². The van der Waals surface area contributed by atoms with Crippen molar-refractivity contribution in [2.75, 3.05) is 0 Å². The third-order valence-electron chi connectivity index (χ3n) is 4.95. The molecule has 0 bridgehead atoms. The molecule has 1 aromatic heterocycles. The van der Waals surface area contributed by atoms with E-state index in [4.69, 9.17) is 0 Å². The Morgan fingerprint density at radius 2 is 1.84 bits per heavy atom. The number of imide groups is 1. The second kappa shape index (κ2) is 6.67. The number of aromatic nitrogens is 1. The summed E-state index contributed by atoms with van der Waals surface area (Å²) in [5.74, 6) is -0.173. The van der Waals surface area contributed by atoms with Crippen molar-refractivity contribution in [3.8, 4) is 0 Å². The van der Waals surface area contributed by atoms with Crippen LogP contribution in [-0.2, 0) is 30.6 Å². The fourth-order valence-corrected chi connectivity index (χ4v) is 3.59. The number of fused-ring (bicyclic) bond motifs is 1. The van der Waals surface area contributed by atoms with Crippen LogP contribution in [0, 0.1) is 0 Å². The number of hydrogen-bond acceptors (Lipinski definition) is 3. The number of amides is 3. The number of carbonyl (C=O) groups is 2. The molecule has 1 N–H and O–H groups in total. The first-order valence-corrected chi connectivity index (χ1v) is 8.84. The fourth-order valence-electron chi connectivity index (χ4n) is 3.59. The quantitative estimate of drug-likeness (QED) is 0.874. The molecule has 2 aromatic rings. The Balaban J connectivity index is 1.47. The van der Waals surface area contributed by atoms with E-state index in [1.165, 1.54) is 16.9 Å². The van der Waals surface area contributed by atoms with Crippen LogP contribution in [0.5, 0.6) is 0 Å². The second-order valence-electron chi connectivity index (χ2n) is 6.73. The van der Waals surface area contributed by atoms with Gasteiger partial charge in [-0.2, -0.15) is 0 Å². The number of nitrogens with one attached hydrogen (secondary N) is 1. The number of nitrogens with zero attached hydrogens (tertiary/aromatic N) is 2. The minimum atomic E-state index is -0.493. The van der Waals surface area contributed by atoms with Gasteiger partial charge >= 0.3 is 6.03 Å². The van der Waals surface area contributed by atoms with E-state index in [0.29, 0.717) is 6.42 Å². The molecule has 5 heteroatoms. The highest BCUT2D eigenvalue weighted by Crippen LogP contribution is 2.21. The molecule has 1 aliphatic heterocycles. The zero-order chi connectivity index (χ0) is 17.2. The number of benzene rings is 1. The van der Waals surface area contributed by atoms with E-state index in [9.17, 15) is 9.59 Å². The molecule has 3 amide bonds. The summed E-state index contributed by atoms with van der Waals surface area (Å²) < 4.78 is 0. The number of aryl methyl sites for hydroxylation is 2. The zero-order valence-corrected chi connectivity index (χ0v) is 14.1. The van der Waals surface area contributed by atoms with Gasteiger partial charge in [0, 0.05) is 12.1 Å². The van der Waals surface area contributed by atoms with Crippen molar-refractivity contribution in [3.63, 3.8) is 0 Å². The highest BCUT2D eigenvalue weighted by atomic mass is 16.2. The smallest absolute Gasteiger partial charge is 0.325 e. The molecule has 2 heterocycles. The maximum Gasteiger partial charge on any atom is 0.325 e. The normalized spacial score (nSPS) is 19.7. The van der Waals surface area contributed by atoms with Crippen LogP contribution < -0.4 is 5.32 Å². The van der Waals surface area contributed by atoms with Gasteiger partial charge in [-0.1, -0.05) is 36.4 Å². The lowest BCUT2D eigenvalue weighted by molar-refractivity contribution is -0.127. The van der Waals surface area contributed by atoms with E-state index < -0.39 is 6.04 Å². The lowest BCUT2D eigenvalue weighted by Crippen LogP contribution is -2.32. The number of rotatable bonds is 4. The number of urea groups is 1. The summed E-state index contributed by atoms with van der Waals surface area (Å²) in [6.07, 6.45) is 4.94. The van der Waals surface area contributed by atoms with Crippen molar-refractivity contribution in [1.82, 2.24) is 15.2 Å². The lowest BCUT2D eigenvalue weighted by atomic mass is 9.96. The van der Waals surface area contributed by atoms with E-state index in [1.807, 2.05) is 36.4 Å². The van der Waals surface area contributed by atoms with Gasteiger partial charge in [0.25, 0.3) is 5.91 Å². The van der Waals surface area contributed by atoms with Crippen LogP contribution >= 0.6 is 0 Å². The van der Waals surface area contributed by atoms with Gasteiger partial charge in [-0.05, 0) is 42.9 Å². The Hall–Kier alpha value is -2.69. The third-order valence-corrected chi connectivity index (χ3v) is 4.95. The van der Waals surface area contributed by atoms with E-state index >= 15 is 0 Å². The maximum absolute atomic E-state index is 12.6. The Bertz CT molecular complexity index is 804. The zero-order valence-electron chi connectivity index (χ0n) is 14.1. The van der Waals surface area contributed by atoms with Crippen molar-refractivity contribution >= 4 is 11.9 Å². The number of hydrogen-bond donors (Lipinski definition) is 1. The molecule has 0 spiro atoms. The minimum absolute atomic E-state index is 0.173. The summed E-state index contributed by atoms with van der Waals surface area (Å²) in [6, 6.07) is 13.0. The van der Waals surface area contributed by atoms with Gasteiger partial charge in [0.15, 0.2) is 0 Å². The van der Waals surface area contributed by atoms with Crippen LogP contribution in [-0.4, -0.2) is 27.9 Å². The van der Waals surface area contributed by atoms with Gasteiger partial charge in [-0.15, -0.1) is 0 Å².